The van der Waals surface area contributed by atoms with Crippen molar-refractivity contribution in [2.45, 2.75) is 13.8 Å². The molecule has 68 valence electrons. The van der Waals surface area contributed by atoms with E-state index in [-0.39, 0.29) is 12.2 Å². The van der Waals surface area contributed by atoms with Gasteiger partial charge in [-0.2, -0.15) is 0 Å². The highest BCUT2D eigenvalue weighted by Crippen LogP contribution is 1.94. The highest BCUT2D eigenvalue weighted by atomic mass is 16.5. The van der Waals surface area contributed by atoms with Crippen molar-refractivity contribution >= 4 is 12.3 Å². The molecule has 0 radical (unpaired) electrons. The van der Waals surface area contributed by atoms with Gasteiger partial charge in [0.15, 0.2) is 6.29 Å². The molecular formula is C8H12O4. The van der Waals surface area contributed by atoms with Crippen LogP contribution in [0.3, 0.4) is 0 Å². The Bertz CT molecular complexity index is 183. The number of hydrogen-bond acceptors (Lipinski definition) is 4. The summed E-state index contributed by atoms with van der Waals surface area (Å²) in [5.74, 6) is -0.652. The topological polar surface area (TPSA) is 52.6 Å². The van der Waals surface area contributed by atoms with Crippen LogP contribution in [0.2, 0.25) is 0 Å². The van der Waals surface area contributed by atoms with E-state index in [9.17, 15) is 9.59 Å². The van der Waals surface area contributed by atoms with Gasteiger partial charge in [-0.1, -0.05) is 0 Å². The first-order chi connectivity index (χ1) is 5.76. The summed E-state index contributed by atoms with van der Waals surface area (Å²) in [4.78, 5) is 21.2. The molecule has 0 rings (SSSR count). The quantitative estimate of drug-likeness (QED) is 0.153. The lowest BCUT2D eigenvalue weighted by molar-refractivity contribution is -0.139. The molecule has 4 nitrogen and oxygen atoms in total. The van der Waals surface area contributed by atoms with Gasteiger partial charge in [0, 0.05) is 0 Å². The molecule has 0 aliphatic rings. The van der Waals surface area contributed by atoms with Gasteiger partial charge in [-0.15, -0.1) is 0 Å². The zero-order valence-electron chi connectivity index (χ0n) is 7.20. The molecule has 0 bridgehead atoms. The fourth-order valence-corrected chi connectivity index (χ4v) is 0.512. The highest BCUT2D eigenvalue weighted by Gasteiger charge is 2.08. The number of ether oxygens (including phenoxy) is 2. The Morgan fingerprint density at radius 3 is 2.42 bits per heavy atom. The molecule has 0 saturated heterocycles. The fourth-order valence-electron chi connectivity index (χ4n) is 0.512. The van der Waals surface area contributed by atoms with E-state index >= 15 is 0 Å². The van der Waals surface area contributed by atoms with Gasteiger partial charge in [0.25, 0.3) is 0 Å². The summed E-state index contributed by atoms with van der Waals surface area (Å²) in [5, 5.41) is 0. The number of esters is 1. The maximum atomic E-state index is 10.9. The van der Waals surface area contributed by atoms with Gasteiger partial charge in [0.1, 0.15) is 11.8 Å². The first-order valence-electron chi connectivity index (χ1n) is 3.70. The first-order valence-corrected chi connectivity index (χ1v) is 3.70. The molecule has 0 aromatic heterocycles. The van der Waals surface area contributed by atoms with Gasteiger partial charge in [-0.05, 0) is 13.8 Å². The zero-order valence-corrected chi connectivity index (χ0v) is 7.20. The minimum absolute atomic E-state index is 0.0984. The number of rotatable bonds is 5. The third kappa shape index (κ3) is 3.75. The van der Waals surface area contributed by atoms with Crippen LogP contribution in [0.4, 0.5) is 0 Å². The Kier molecular flexibility index (Phi) is 5.69. The third-order valence-electron chi connectivity index (χ3n) is 1.02. The van der Waals surface area contributed by atoms with E-state index in [2.05, 4.69) is 4.74 Å². The number of carbonyl (C=O) groups excluding carboxylic acids is 2. The molecule has 12 heavy (non-hydrogen) atoms. The molecule has 4 heteroatoms. The second-order valence-corrected chi connectivity index (χ2v) is 1.87. The maximum absolute atomic E-state index is 10.9. The second-order valence-electron chi connectivity index (χ2n) is 1.87. The van der Waals surface area contributed by atoms with E-state index in [0.29, 0.717) is 12.9 Å². The van der Waals surface area contributed by atoms with Crippen LogP contribution in [-0.2, 0) is 19.1 Å². The SMILES string of the molecule is CCOC=C(C=O)C(=O)OCC. The summed E-state index contributed by atoms with van der Waals surface area (Å²) in [6.07, 6.45) is 1.51. The molecule has 0 aromatic rings. The Hall–Kier alpha value is -1.32. The van der Waals surface area contributed by atoms with Crippen molar-refractivity contribution in [2.24, 2.45) is 0 Å². The van der Waals surface area contributed by atoms with Crippen LogP contribution in [0, 0.1) is 0 Å². The minimum atomic E-state index is -0.652. The molecule has 0 heterocycles. The molecule has 0 saturated carbocycles. The van der Waals surface area contributed by atoms with Crippen molar-refractivity contribution in [1.29, 1.82) is 0 Å². The van der Waals surface area contributed by atoms with Crippen LogP contribution in [0.25, 0.3) is 0 Å². The summed E-state index contributed by atoms with van der Waals surface area (Å²) in [5.41, 5.74) is -0.0984. The van der Waals surface area contributed by atoms with Gasteiger partial charge in [0.05, 0.1) is 13.2 Å². The lowest BCUT2D eigenvalue weighted by atomic mass is 10.3. The first kappa shape index (κ1) is 10.7. The summed E-state index contributed by atoms with van der Waals surface area (Å²) in [6, 6.07) is 0. The average molecular weight is 172 g/mol. The largest absolute Gasteiger partial charge is 0.500 e. The van der Waals surface area contributed by atoms with Crippen LogP contribution < -0.4 is 0 Å². The minimum Gasteiger partial charge on any atom is -0.500 e. The van der Waals surface area contributed by atoms with E-state index in [1.165, 1.54) is 0 Å². The summed E-state index contributed by atoms with van der Waals surface area (Å²) >= 11 is 0. The Labute approximate surface area is 71.2 Å². The van der Waals surface area contributed by atoms with Crippen LogP contribution in [-0.4, -0.2) is 25.5 Å². The number of aldehydes is 1. The monoisotopic (exact) mass is 172 g/mol. The molecule has 0 N–H and O–H groups in total. The predicted molar refractivity (Wildman–Crippen MR) is 42.4 cm³/mol. The van der Waals surface area contributed by atoms with Crippen LogP contribution >= 0.6 is 0 Å². The highest BCUT2D eigenvalue weighted by molar-refractivity contribution is 6.07. The van der Waals surface area contributed by atoms with Gasteiger partial charge in [-0.25, -0.2) is 4.79 Å². The van der Waals surface area contributed by atoms with Gasteiger partial charge in [-0.3, -0.25) is 4.79 Å². The van der Waals surface area contributed by atoms with Crippen LogP contribution in [0.15, 0.2) is 11.8 Å². The smallest absolute Gasteiger partial charge is 0.344 e. The van der Waals surface area contributed by atoms with Crippen molar-refractivity contribution in [1.82, 2.24) is 0 Å². The van der Waals surface area contributed by atoms with E-state index in [1.807, 2.05) is 0 Å². The summed E-state index contributed by atoms with van der Waals surface area (Å²) in [7, 11) is 0. The summed E-state index contributed by atoms with van der Waals surface area (Å²) in [6.45, 7) is 4.08. The normalized spacial score (nSPS) is 10.7. The summed E-state index contributed by atoms with van der Waals surface area (Å²) < 4.78 is 9.33. The molecular weight excluding hydrogens is 160 g/mol. The van der Waals surface area contributed by atoms with Crippen LogP contribution in [0.5, 0.6) is 0 Å². The lowest BCUT2D eigenvalue weighted by Gasteiger charge is -2.00. The average Bonchev–Trinajstić information content (AvgIpc) is 2.06. The number of hydrogen-bond donors (Lipinski definition) is 0. The maximum Gasteiger partial charge on any atom is 0.344 e. The van der Waals surface area contributed by atoms with Crippen molar-refractivity contribution in [2.75, 3.05) is 13.2 Å². The molecule has 0 aliphatic heterocycles. The Balaban J connectivity index is 4.13. The Morgan fingerprint density at radius 1 is 1.33 bits per heavy atom. The van der Waals surface area contributed by atoms with Gasteiger partial charge < -0.3 is 9.47 Å². The van der Waals surface area contributed by atoms with Crippen molar-refractivity contribution in [3.63, 3.8) is 0 Å². The molecule has 0 amide bonds. The van der Waals surface area contributed by atoms with E-state index in [0.717, 1.165) is 6.26 Å². The van der Waals surface area contributed by atoms with Gasteiger partial charge in [0.2, 0.25) is 0 Å². The standard InChI is InChI=1S/C8H12O4/c1-3-11-6-7(5-9)8(10)12-4-2/h5-6H,3-4H2,1-2H3. The second kappa shape index (κ2) is 6.39. The zero-order chi connectivity index (χ0) is 9.40. The molecule has 0 atom stereocenters. The third-order valence-corrected chi connectivity index (χ3v) is 1.02. The lowest BCUT2D eigenvalue weighted by Crippen LogP contribution is -2.09. The molecule has 0 spiro atoms. The van der Waals surface area contributed by atoms with Crippen molar-refractivity contribution < 1.29 is 19.1 Å². The number of carbonyl (C=O) groups is 2. The Morgan fingerprint density at radius 2 is 2.00 bits per heavy atom. The molecule has 0 aromatic carbocycles. The van der Waals surface area contributed by atoms with E-state index in [4.69, 9.17) is 4.74 Å². The van der Waals surface area contributed by atoms with E-state index in [1.54, 1.807) is 13.8 Å². The van der Waals surface area contributed by atoms with Gasteiger partial charge >= 0.3 is 5.97 Å². The van der Waals surface area contributed by atoms with E-state index < -0.39 is 5.97 Å². The van der Waals surface area contributed by atoms with Crippen molar-refractivity contribution in [3.8, 4) is 0 Å². The molecule has 0 fully saturated rings. The van der Waals surface area contributed by atoms with Crippen molar-refractivity contribution in [3.05, 3.63) is 11.8 Å². The molecule has 0 aliphatic carbocycles. The molecule has 0 unspecified atom stereocenters. The predicted octanol–water partition coefficient (Wildman–Crippen LogP) is 0.669. The van der Waals surface area contributed by atoms with Crippen LogP contribution in [0.1, 0.15) is 13.8 Å². The fraction of sp³-hybridized carbons (Fsp3) is 0.500.